The quantitative estimate of drug-likeness (QED) is 0.807. The number of hydrogen-bond donors (Lipinski definition) is 2. The van der Waals surface area contributed by atoms with Crippen molar-refractivity contribution in [3.05, 3.63) is 46.5 Å². The highest BCUT2D eigenvalue weighted by atomic mass is 32.1. The van der Waals surface area contributed by atoms with Crippen molar-refractivity contribution in [1.82, 2.24) is 10.3 Å². The Kier molecular flexibility index (Phi) is 6.04. The van der Waals surface area contributed by atoms with Gasteiger partial charge in [0.2, 0.25) is 5.91 Å². The third-order valence-corrected chi connectivity index (χ3v) is 5.59. The van der Waals surface area contributed by atoms with E-state index in [4.69, 9.17) is 0 Å². The Balaban J connectivity index is 1.68. The maximum absolute atomic E-state index is 12.6. The molecule has 1 aromatic carbocycles. The number of aromatic nitrogens is 1. The fraction of sp³-hybridized carbons (Fsp3) is 0.450. The normalized spacial score (nSPS) is 16.2. The van der Waals surface area contributed by atoms with E-state index in [0.29, 0.717) is 23.2 Å². The largest absolute Gasteiger partial charge is 0.356 e. The molecule has 0 saturated carbocycles. The van der Waals surface area contributed by atoms with E-state index in [2.05, 4.69) is 29.5 Å². The highest BCUT2D eigenvalue weighted by Crippen LogP contribution is 2.37. The molecule has 0 radical (unpaired) electrons. The van der Waals surface area contributed by atoms with Gasteiger partial charge in [0.15, 0.2) is 5.13 Å². The van der Waals surface area contributed by atoms with Crippen molar-refractivity contribution in [3.63, 3.8) is 0 Å². The minimum Gasteiger partial charge on any atom is -0.356 e. The van der Waals surface area contributed by atoms with Crippen molar-refractivity contribution in [2.75, 3.05) is 11.9 Å². The maximum atomic E-state index is 12.6. The minimum atomic E-state index is -0.204. The molecule has 6 heteroatoms. The number of hydrogen-bond acceptors (Lipinski definition) is 4. The lowest BCUT2D eigenvalue weighted by Gasteiger charge is -2.20. The van der Waals surface area contributed by atoms with Crippen LogP contribution in [-0.2, 0) is 11.2 Å². The van der Waals surface area contributed by atoms with E-state index in [1.165, 1.54) is 11.3 Å². The van der Waals surface area contributed by atoms with Crippen LogP contribution in [0, 0.1) is 5.92 Å². The Labute approximate surface area is 158 Å². The molecule has 26 heavy (non-hydrogen) atoms. The molecule has 1 aliphatic carbocycles. The summed E-state index contributed by atoms with van der Waals surface area (Å²) in [7, 11) is 0. The molecular weight excluding hydrogens is 346 g/mol. The predicted octanol–water partition coefficient (Wildman–Crippen LogP) is 3.98. The van der Waals surface area contributed by atoms with Gasteiger partial charge in [-0.3, -0.25) is 14.9 Å². The molecule has 2 aromatic rings. The Morgan fingerprint density at radius 3 is 2.77 bits per heavy atom. The second-order valence-electron chi connectivity index (χ2n) is 7.07. The van der Waals surface area contributed by atoms with Gasteiger partial charge in [-0.15, -0.1) is 11.3 Å². The number of benzene rings is 1. The molecule has 1 aliphatic rings. The summed E-state index contributed by atoms with van der Waals surface area (Å²) in [6, 6.07) is 9.08. The van der Waals surface area contributed by atoms with Gasteiger partial charge in [-0.05, 0) is 43.7 Å². The summed E-state index contributed by atoms with van der Waals surface area (Å²) in [6.45, 7) is 4.99. The van der Waals surface area contributed by atoms with Crippen LogP contribution < -0.4 is 10.6 Å². The summed E-state index contributed by atoms with van der Waals surface area (Å²) in [6.07, 6.45) is 3.69. The van der Waals surface area contributed by atoms with Gasteiger partial charge < -0.3 is 5.32 Å². The number of rotatable bonds is 6. The Hall–Kier alpha value is -2.21. The molecule has 0 saturated heterocycles. The molecule has 2 amide bonds. The molecule has 2 N–H and O–H groups in total. The lowest BCUT2D eigenvalue weighted by Crippen LogP contribution is -2.32. The number of aryl methyl sites for hydroxylation is 1. The summed E-state index contributed by atoms with van der Waals surface area (Å²) in [5, 5.41) is 6.48. The van der Waals surface area contributed by atoms with E-state index in [-0.39, 0.29) is 17.7 Å². The molecule has 138 valence electrons. The first-order valence-corrected chi connectivity index (χ1v) is 10.00. The van der Waals surface area contributed by atoms with Gasteiger partial charge in [-0.1, -0.05) is 32.0 Å². The molecule has 1 atom stereocenters. The van der Waals surface area contributed by atoms with E-state index in [1.54, 1.807) is 12.1 Å². The fourth-order valence-corrected chi connectivity index (χ4v) is 4.15. The molecule has 0 fully saturated rings. The van der Waals surface area contributed by atoms with Gasteiger partial charge in [-0.25, -0.2) is 4.98 Å². The van der Waals surface area contributed by atoms with Gasteiger partial charge in [0.25, 0.3) is 5.91 Å². The van der Waals surface area contributed by atoms with Crippen LogP contribution in [0.2, 0.25) is 0 Å². The number of thiazole rings is 1. The van der Waals surface area contributed by atoms with Crippen LogP contribution in [0.4, 0.5) is 5.13 Å². The lowest BCUT2D eigenvalue weighted by atomic mass is 9.90. The van der Waals surface area contributed by atoms with Crippen LogP contribution in [0.1, 0.15) is 60.0 Å². The van der Waals surface area contributed by atoms with E-state index >= 15 is 0 Å². The zero-order valence-corrected chi connectivity index (χ0v) is 16.1. The van der Waals surface area contributed by atoms with Gasteiger partial charge >= 0.3 is 0 Å². The van der Waals surface area contributed by atoms with Crippen molar-refractivity contribution >= 4 is 28.3 Å². The van der Waals surface area contributed by atoms with Gasteiger partial charge in [0.1, 0.15) is 0 Å². The molecular formula is C20H25N3O2S. The molecule has 0 aliphatic heterocycles. The van der Waals surface area contributed by atoms with Gasteiger partial charge in [-0.2, -0.15) is 0 Å². The average molecular weight is 372 g/mol. The second-order valence-corrected chi connectivity index (χ2v) is 8.15. The SMILES string of the molecule is CC(C)CCNC(=O)C1CCCc2sc(NC(=O)c3ccccc3)nc21. The van der Waals surface area contributed by atoms with Crippen LogP contribution in [-0.4, -0.2) is 23.3 Å². The molecule has 0 bridgehead atoms. The summed E-state index contributed by atoms with van der Waals surface area (Å²) in [5.74, 6) is 0.244. The average Bonchev–Trinajstić information content (AvgIpc) is 3.04. The molecule has 0 spiro atoms. The van der Waals surface area contributed by atoms with E-state index in [1.807, 2.05) is 18.2 Å². The standard InChI is InChI=1S/C20H25N3O2S/c1-13(2)11-12-21-19(25)15-9-6-10-16-17(15)22-20(26-16)23-18(24)14-7-4-3-5-8-14/h3-5,7-8,13,15H,6,9-12H2,1-2H3,(H,21,25)(H,22,23,24). The van der Waals surface area contributed by atoms with Crippen molar-refractivity contribution in [2.24, 2.45) is 5.92 Å². The first-order valence-electron chi connectivity index (χ1n) is 9.18. The molecule has 3 rings (SSSR count). The summed E-state index contributed by atoms with van der Waals surface area (Å²) < 4.78 is 0. The van der Waals surface area contributed by atoms with Gasteiger partial charge in [0.05, 0.1) is 11.6 Å². The van der Waals surface area contributed by atoms with E-state index in [0.717, 1.165) is 36.3 Å². The third-order valence-electron chi connectivity index (χ3n) is 4.55. The van der Waals surface area contributed by atoms with Crippen LogP contribution >= 0.6 is 11.3 Å². The monoisotopic (exact) mass is 371 g/mol. The lowest BCUT2D eigenvalue weighted by molar-refractivity contribution is -0.122. The van der Waals surface area contributed by atoms with Crippen molar-refractivity contribution in [1.29, 1.82) is 0 Å². The van der Waals surface area contributed by atoms with Crippen LogP contribution in [0.5, 0.6) is 0 Å². The highest BCUT2D eigenvalue weighted by molar-refractivity contribution is 7.15. The topological polar surface area (TPSA) is 71.1 Å². The number of fused-ring (bicyclic) bond motifs is 1. The minimum absolute atomic E-state index is 0.0536. The molecule has 1 aromatic heterocycles. The second kappa shape index (κ2) is 8.45. The number of carbonyl (C=O) groups is 2. The zero-order valence-electron chi connectivity index (χ0n) is 15.2. The number of amides is 2. The zero-order chi connectivity index (χ0) is 18.5. The van der Waals surface area contributed by atoms with Crippen LogP contribution in [0.3, 0.4) is 0 Å². The highest BCUT2D eigenvalue weighted by Gasteiger charge is 2.30. The molecule has 5 nitrogen and oxygen atoms in total. The molecule has 1 unspecified atom stereocenters. The summed E-state index contributed by atoms with van der Waals surface area (Å²) >= 11 is 1.49. The van der Waals surface area contributed by atoms with Crippen LogP contribution in [0.15, 0.2) is 30.3 Å². The van der Waals surface area contributed by atoms with Crippen LogP contribution in [0.25, 0.3) is 0 Å². The smallest absolute Gasteiger partial charge is 0.257 e. The first kappa shape index (κ1) is 18.6. The summed E-state index contributed by atoms with van der Waals surface area (Å²) in [4.78, 5) is 30.6. The Morgan fingerprint density at radius 1 is 1.27 bits per heavy atom. The number of nitrogens with one attached hydrogen (secondary N) is 2. The van der Waals surface area contributed by atoms with E-state index < -0.39 is 0 Å². The first-order chi connectivity index (χ1) is 12.5. The Morgan fingerprint density at radius 2 is 2.04 bits per heavy atom. The number of nitrogens with zero attached hydrogens (tertiary/aromatic N) is 1. The third kappa shape index (κ3) is 4.49. The Bertz CT molecular complexity index is 771. The fourth-order valence-electron chi connectivity index (χ4n) is 3.09. The van der Waals surface area contributed by atoms with Crippen molar-refractivity contribution in [2.45, 2.75) is 45.4 Å². The predicted molar refractivity (Wildman–Crippen MR) is 105 cm³/mol. The van der Waals surface area contributed by atoms with Crippen molar-refractivity contribution < 1.29 is 9.59 Å². The summed E-state index contributed by atoms with van der Waals surface area (Å²) in [5.41, 5.74) is 1.44. The van der Waals surface area contributed by atoms with Crippen molar-refractivity contribution in [3.8, 4) is 0 Å². The number of anilines is 1. The van der Waals surface area contributed by atoms with E-state index in [9.17, 15) is 9.59 Å². The maximum Gasteiger partial charge on any atom is 0.257 e. The van der Waals surface area contributed by atoms with Gasteiger partial charge in [0, 0.05) is 17.0 Å². The molecule has 1 heterocycles. The number of carbonyl (C=O) groups excluding carboxylic acids is 2.